The Morgan fingerprint density at radius 1 is 1.00 bits per heavy atom. The topological polar surface area (TPSA) is 89.6 Å². The van der Waals surface area contributed by atoms with Gasteiger partial charge in [0.2, 0.25) is 5.91 Å². The van der Waals surface area contributed by atoms with Gasteiger partial charge in [0, 0.05) is 23.6 Å². The number of hydrogen-bond donors (Lipinski definition) is 2. The number of carboxylic acid groups (broad SMARTS) is 1. The van der Waals surface area contributed by atoms with Crippen LogP contribution in [0, 0.1) is 0 Å². The SMILES string of the molecule is COCC(N)=O.O=C(O)CCCCc1ccc(-c2cc(Cl)cc(Cl)c2)cc1. The molecule has 1 amide bonds. The lowest BCUT2D eigenvalue weighted by Gasteiger charge is -2.06. The van der Waals surface area contributed by atoms with Crippen molar-refractivity contribution in [3.05, 3.63) is 58.1 Å². The minimum absolute atomic E-state index is 0.0139. The molecule has 0 aliphatic carbocycles. The molecule has 0 bridgehead atoms. The number of rotatable bonds is 8. The normalized spacial score (nSPS) is 10.0. The Morgan fingerprint density at radius 3 is 2.04 bits per heavy atom. The molecule has 2 aromatic rings. The van der Waals surface area contributed by atoms with Crippen LogP contribution in [0.15, 0.2) is 42.5 Å². The largest absolute Gasteiger partial charge is 0.481 e. The Morgan fingerprint density at radius 2 is 1.59 bits per heavy atom. The number of primary amides is 1. The minimum atomic E-state index is -0.733. The van der Waals surface area contributed by atoms with Crippen LogP contribution >= 0.6 is 23.2 Å². The van der Waals surface area contributed by atoms with E-state index >= 15 is 0 Å². The fraction of sp³-hybridized carbons (Fsp3) is 0.300. The van der Waals surface area contributed by atoms with E-state index in [1.54, 1.807) is 6.07 Å². The van der Waals surface area contributed by atoms with Crippen molar-refractivity contribution in [3.8, 4) is 11.1 Å². The van der Waals surface area contributed by atoms with E-state index in [0.29, 0.717) is 16.5 Å². The molecule has 0 aliphatic rings. The Labute approximate surface area is 169 Å². The number of carboxylic acids is 1. The predicted molar refractivity (Wildman–Crippen MR) is 108 cm³/mol. The van der Waals surface area contributed by atoms with Gasteiger partial charge in [-0.05, 0) is 54.2 Å². The molecule has 0 aliphatic heterocycles. The molecule has 5 nitrogen and oxygen atoms in total. The molecule has 2 rings (SSSR count). The van der Waals surface area contributed by atoms with Crippen molar-refractivity contribution in [2.24, 2.45) is 5.73 Å². The molecule has 0 spiro atoms. The quantitative estimate of drug-likeness (QED) is 0.622. The molecule has 0 aromatic heterocycles. The highest BCUT2D eigenvalue weighted by Gasteiger charge is 2.02. The Balaban J connectivity index is 0.000000527. The second-order valence-corrected chi connectivity index (χ2v) is 6.73. The molecular formula is C20H23Cl2NO4. The summed E-state index contributed by atoms with van der Waals surface area (Å²) in [4.78, 5) is 20.1. The van der Waals surface area contributed by atoms with Crippen LogP contribution in [0.4, 0.5) is 0 Å². The highest BCUT2D eigenvalue weighted by Crippen LogP contribution is 2.27. The number of amides is 1. The van der Waals surface area contributed by atoms with Crippen molar-refractivity contribution in [1.82, 2.24) is 0 Å². The zero-order chi connectivity index (χ0) is 20.2. The zero-order valence-corrected chi connectivity index (χ0v) is 16.6. The van der Waals surface area contributed by atoms with Gasteiger partial charge in [0.25, 0.3) is 0 Å². The van der Waals surface area contributed by atoms with E-state index < -0.39 is 11.9 Å². The molecule has 0 saturated heterocycles. The maximum Gasteiger partial charge on any atom is 0.303 e. The van der Waals surface area contributed by atoms with Gasteiger partial charge in [-0.3, -0.25) is 9.59 Å². The summed E-state index contributed by atoms with van der Waals surface area (Å²) in [6.07, 6.45) is 2.72. The lowest BCUT2D eigenvalue weighted by molar-refractivity contribution is -0.137. The van der Waals surface area contributed by atoms with E-state index in [9.17, 15) is 9.59 Å². The van der Waals surface area contributed by atoms with Crippen LogP contribution in [0.25, 0.3) is 11.1 Å². The van der Waals surface area contributed by atoms with E-state index in [-0.39, 0.29) is 13.0 Å². The number of carbonyl (C=O) groups excluding carboxylic acids is 1. The molecule has 27 heavy (non-hydrogen) atoms. The first-order valence-corrected chi connectivity index (χ1v) is 9.12. The first-order valence-electron chi connectivity index (χ1n) is 8.36. The highest BCUT2D eigenvalue weighted by molar-refractivity contribution is 6.35. The van der Waals surface area contributed by atoms with Crippen LogP contribution in [-0.4, -0.2) is 30.7 Å². The first-order chi connectivity index (χ1) is 12.8. The number of benzene rings is 2. The number of nitrogens with two attached hydrogens (primary N) is 1. The molecule has 7 heteroatoms. The third kappa shape index (κ3) is 9.99. The maximum absolute atomic E-state index is 10.4. The van der Waals surface area contributed by atoms with Crippen molar-refractivity contribution in [2.45, 2.75) is 25.7 Å². The molecule has 0 unspecified atom stereocenters. The van der Waals surface area contributed by atoms with Crippen molar-refractivity contribution < 1.29 is 19.4 Å². The number of aliphatic carboxylic acids is 1. The average molecular weight is 412 g/mol. The summed E-state index contributed by atoms with van der Waals surface area (Å²) < 4.78 is 4.33. The molecule has 0 heterocycles. The van der Waals surface area contributed by atoms with Crippen molar-refractivity contribution in [2.75, 3.05) is 13.7 Å². The number of halogens is 2. The molecule has 0 fully saturated rings. The van der Waals surface area contributed by atoms with Crippen LogP contribution in [-0.2, 0) is 20.7 Å². The average Bonchev–Trinajstić information content (AvgIpc) is 2.59. The number of methoxy groups -OCH3 is 1. The van der Waals surface area contributed by atoms with Crippen molar-refractivity contribution in [3.63, 3.8) is 0 Å². The Kier molecular flexibility index (Phi) is 10.5. The molecular weight excluding hydrogens is 389 g/mol. The van der Waals surface area contributed by atoms with Gasteiger partial charge in [-0.25, -0.2) is 0 Å². The van der Waals surface area contributed by atoms with Crippen LogP contribution in [0.1, 0.15) is 24.8 Å². The lowest BCUT2D eigenvalue weighted by Crippen LogP contribution is -2.16. The van der Waals surface area contributed by atoms with E-state index in [1.165, 1.54) is 12.7 Å². The maximum atomic E-state index is 10.4. The van der Waals surface area contributed by atoms with Gasteiger partial charge in [0.1, 0.15) is 6.61 Å². The monoisotopic (exact) mass is 411 g/mol. The summed E-state index contributed by atoms with van der Waals surface area (Å²) in [6.45, 7) is 0.0139. The van der Waals surface area contributed by atoms with Crippen LogP contribution in [0.3, 0.4) is 0 Å². The predicted octanol–water partition coefficient (Wildman–Crippen LogP) is 4.58. The molecule has 0 saturated carbocycles. The molecule has 0 radical (unpaired) electrons. The van der Waals surface area contributed by atoms with Gasteiger partial charge in [-0.2, -0.15) is 0 Å². The van der Waals surface area contributed by atoms with Crippen LogP contribution < -0.4 is 5.73 Å². The smallest absolute Gasteiger partial charge is 0.303 e. The van der Waals surface area contributed by atoms with Gasteiger partial charge in [-0.1, -0.05) is 47.5 Å². The van der Waals surface area contributed by atoms with E-state index in [2.05, 4.69) is 22.6 Å². The highest BCUT2D eigenvalue weighted by atomic mass is 35.5. The summed E-state index contributed by atoms with van der Waals surface area (Å²) in [7, 11) is 1.42. The van der Waals surface area contributed by atoms with Crippen LogP contribution in [0.5, 0.6) is 0 Å². The number of ether oxygens (including phenoxy) is 1. The van der Waals surface area contributed by atoms with Gasteiger partial charge < -0.3 is 15.6 Å². The fourth-order valence-corrected chi connectivity index (χ4v) is 2.86. The van der Waals surface area contributed by atoms with Crippen molar-refractivity contribution in [1.29, 1.82) is 0 Å². The molecule has 3 N–H and O–H groups in total. The second kappa shape index (κ2) is 12.3. The van der Waals surface area contributed by atoms with Crippen molar-refractivity contribution >= 4 is 35.1 Å². The molecule has 0 atom stereocenters. The third-order valence-corrected chi connectivity index (χ3v) is 3.98. The number of aryl methyl sites for hydroxylation is 1. The Hall–Kier alpha value is -2.08. The summed E-state index contributed by atoms with van der Waals surface area (Å²) in [6, 6.07) is 13.7. The number of carbonyl (C=O) groups is 2. The molecule has 146 valence electrons. The summed E-state index contributed by atoms with van der Waals surface area (Å²) in [5, 5.41) is 9.84. The van der Waals surface area contributed by atoms with Gasteiger partial charge in [0.15, 0.2) is 0 Å². The van der Waals surface area contributed by atoms with Crippen LogP contribution in [0.2, 0.25) is 10.0 Å². The Bertz CT molecular complexity index is 728. The lowest BCUT2D eigenvalue weighted by atomic mass is 10.0. The summed E-state index contributed by atoms with van der Waals surface area (Å²) >= 11 is 12.0. The third-order valence-electron chi connectivity index (χ3n) is 3.54. The standard InChI is InChI=1S/C17H16Cl2O2.C3H7NO2/c18-15-9-14(10-16(19)11-15)13-7-5-12(6-8-13)3-1-2-4-17(20)21;1-6-2-3(4)5/h5-11H,1-4H2,(H,20,21);2H2,1H3,(H2,4,5). The van der Waals surface area contributed by atoms with Gasteiger partial charge in [0.05, 0.1) is 0 Å². The van der Waals surface area contributed by atoms with E-state index in [1.807, 2.05) is 24.3 Å². The minimum Gasteiger partial charge on any atom is -0.481 e. The number of hydrogen-bond acceptors (Lipinski definition) is 3. The fourth-order valence-electron chi connectivity index (χ4n) is 2.33. The van der Waals surface area contributed by atoms with E-state index in [0.717, 1.165) is 24.0 Å². The first kappa shape index (κ1) is 23.0. The van der Waals surface area contributed by atoms with Gasteiger partial charge in [-0.15, -0.1) is 0 Å². The van der Waals surface area contributed by atoms with Gasteiger partial charge >= 0.3 is 5.97 Å². The van der Waals surface area contributed by atoms with E-state index in [4.69, 9.17) is 28.3 Å². The second-order valence-electron chi connectivity index (χ2n) is 5.86. The summed E-state index contributed by atoms with van der Waals surface area (Å²) in [5.74, 6) is -1.17. The number of unbranched alkanes of at least 4 members (excludes halogenated alkanes) is 1. The summed E-state index contributed by atoms with van der Waals surface area (Å²) in [5.41, 5.74) is 7.90. The zero-order valence-electron chi connectivity index (χ0n) is 15.1. The molecule has 2 aromatic carbocycles.